The van der Waals surface area contributed by atoms with Gasteiger partial charge in [-0.25, -0.2) is 9.59 Å². The van der Waals surface area contributed by atoms with Crippen LogP contribution in [0.15, 0.2) is 42.6 Å². The highest BCUT2D eigenvalue weighted by Gasteiger charge is 2.10. The predicted octanol–water partition coefficient (Wildman–Crippen LogP) is 2.41. The molecule has 0 atom stereocenters. The van der Waals surface area contributed by atoms with E-state index < -0.39 is 11.9 Å². The molecule has 19 heavy (non-hydrogen) atoms. The van der Waals surface area contributed by atoms with Crippen molar-refractivity contribution in [1.82, 2.24) is 4.98 Å². The van der Waals surface area contributed by atoms with Crippen molar-refractivity contribution in [3.63, 3.8) is 0 Å². The highest BCUT2D eigenvalue weighted by molar-refractivity contribution is 5.90. The molecule has 0 aliphatic rings. The number of ether oxygens (including phenoxy) is 2. The second-order valence-corrected chi connectivity index (χ2v) is 3.72. The topological polar surface area (TPSA) is 68.4 Å². The van der Waals surface area contributed by atoms with Crippen LogP contribution < -0.4 is 4.74 Å². The summed E-state index contributed by atoms with van der Waals surface area (Å²) in [4.78, 5) is 25.8. The first-order valence-corrected chi connectivity index (χ1v) is 5.83. The Bertz CT molecular complexity index is 558. The van der Waals surface area contributed by atoms with Crippen molar-refractivity contribution in [2.45, 2.75) is 6.92 Å². The lowest BCUT2D eigenvalue weighted by molar-refractivity contribution is 0.0526. The predicted molar refractivity (Wildman–Crippen MR) is 68.1 cm³/mol. The first kappa shape index (κ1) is 12.9. The van der Waals surface area contributed by atoms with Crippen molar-refractivity contribution in [3.8, 4) is 5.75 Å². The maximum absolute atomic E-state index is 11.7. The first-order chi connectivity index (χ1) is 9.20. The molecule has 0 aliphatic heterocycles. The van der Waals surface area contributed by atoms with Gasteiger partial charge in [-0.1, -0.05) is 0 Å². The minimum absolute atomic E-state index is 0.322. The number of rotatable bonds is 4. The Kier molecular flexibility index (Phi) is 3.97. The Morgan fingerprint density at radius 2 is 1.84 bits per heavy atom. The van der Waals surface area contributed by atoms with Gasteiger partial charge in [0.1, 0.15) is 11.4 Å². The molecule has 1 N–H and O–H groups in total. The van der Waals surface area contributed by atoms with Crippen LogP contribution in [0.2, 0.25) is 0 Å². The third kappa shape index (κ3) is 3.22. The lowest BCUT2D eigenvalue weighted by Gasteiger charge is -2.04. The smallest absolute Gasteiger partial charge is 0.360 e. The molecule has 1 heterocycles. The molecule has 5 nitrogen and oxygen atoms in total. The average Bonchev–Trinajstić information content (AvgIpc) is 2.94. The van der Waals surface area contributed by atoms with Gasteiger partial charge in [-0.05, 0) is 43.3 Å². The molecule has 2 rings (SSSR count). The summed E-state index contributed by atoms with van der Waals surface area (Å²) in [5.41, 5.74) is 0.788. The van der Waals surface area contributed by atoms with Crippen molar-refractivity contribution >= 4 is 11.9 Å². The lowest BCUT2D eigenvalue weighted by atomic mass is 10.2. The van der Waals surface area contributed by atoms with E-state index in [1.54, 1.807) is 49.5 Å². The number of hydrogen-bond donors (Lipinski definition) is 1. The van der Waals surface area contributed by atoms with E-state index in [4.69, 9.17) is 9.47 Å². The molecule has 0 amide bonds. The minimum Gasteiger partial charge on any atom is -0.462 e. The van der Waals surface area contributed by atoms with Gasteiger partial charge in [0.25, 0.3) is 0 Å². The molecule has 0 fully saturated rings. The number of hydrogen-bond acceptors (Lipinski definition) is 4. The zero-order valence-corrected chi connectivity index (χ0v) is 10.4. The third-order valence-corrected chi connectivity index (χ3v) is 2.39. The second-order valence-electron chi connectivity index (χ2n) is 3.72. The molecule has 1 aromatic heterocycles. The summed E-state index contributed by atoms with van der Waals surface area (Å²) in [5, 5.41) is 0. The van der Waals surface area contributed by atoms with E-state index in [0.29, 0.717) is 23.6 Å². The molecule has 2 aromatic rings. The summed E-state index contributed by atoms with van der Waals surface area (Å²) >= 11 is 0. The van der Waals surface area contributed by atoms with Crippen LogP contribution in [0.5, 0.6) is 5.75 Å². The molecule has 5 heteroatoms. The SMILES string of the molecule is CCOC(=O)c1ccc(OC(=O)c2ccc[nH]2)cc1. The summed E-state index contributed by atoms with van der Waals surface area (Å²) in [6.45, 7) is 2.06. The van der Waals surface area contributed by atoms with Gasteiger partial charge in [0.05, 0.1) is 12.2 Å². The third-order valence-electron chi connectivity index (χ3n) is 2.39. The number of nitrogens with one attached hydrogen (secondary N) is 1. The lowest BCUT2D eigenvalue weighted by Crippen LogP contribution is -2.09. The highest BCUT2D eigenvalue weighted by Crippen LogP contribution is 2.14. The zero-order chi connectivity index (χ0) is 13.7. The van der Waals surface area contributed by atoms with Crippen LogP contribution in [0.1, 0.15) is 27.8 Å². The number of H-pyrrole nitrogens is 1. The van der Waals surface area contributed by atoms with Crippen LogP contribution in [-0.4, -0.2) is 23.5 Å². The maximum atomic E-state index is 11.7. The standard InChI is InChI=1S/C14H13NO4/c1-2-18-13(16)10-5-7-11(8-6-10)19-14(17)12-4-3-9-15-12/h3-9,15H,2H2,1H3. The minimum atomic E-state index is -0.478. The summed E-state index contributed by atoms with van der Waals surface area (Å²) in [6.07, 6.45) is 1.64. The van der Waals surface area contributed by atoms with Crippen molar-refractivity contribution in [1.29, 1.82) is 0 Å². The molecule has 0 saturated heterocycles. The highest BCUT2D eigenvalue weighted by atomic mass is 16.5. The van der Waals surface area contributed by atoms with E-state index in [9.17, 15) is 9.59 Å². The van der Waals surface area contributed by atoms with Crippen molar-refractivity contribution < 1.29 is 19.1 Å². The molecule has 0 spiro atoms. The van der Waals surface area contributed by atoms with E-state index in [0.717, 1.165) is 0 Å². The van der Waals surface area contributed by atoms with Gasteiger partial charge >= 0.3 is 11.9 Å². The number of carbonyl (C=O) groups is 2. The Balaban J connectivity index is 2.03. The van der Waals surface area contributed by atoms with Crippen molar-refractivity contribution in [2.24, 2.45) is 0 Å². The van der Waals surface area contributed by atoms with E-state index in [1.807, 2.05) is 0 Å². The fourth-order valence-electron chi connectivity index (χ4n) is 1.49. The average molecular weight is 259 g/mol. The van der Waals surface area contributed by atoms with Crippen LogP contribution >= 0.6 is 0 Å². The van der Waals surface area contributed by atoms with E-state index >= 15 is 0 Å². The number of benzene rings is 1. The van der Waals surface area contributed by atoms with Crippen LogP contribution in [0, 0.1) is 0 Å². The fourth-order valence-corrected chi connectivity index (χ4v) is 1.49. The Hall–Kier alpha value is -2.56. The second kappa shape index (κ2) is 5.86. The van der Waals surface area contributed by atoms with Gasteiger partial charge < -0.3 is 14.5 Å². The Morgan fingerprint density at radius 3 is 2.42 bits per heavy atom. The van der Waals surface area contributed by atoms with Gasteiger partial charge in [-0.15, -0.1) is 0 Å². The van der Waals surface area contributed by atoms with Crippen LogP contribution in [0.25, 0.3) is 0 Å². The summed E-state index contributed by atoms with van der Waals surface area (Å²) in [5.74, 6) is -0.508. The van der Waals surface area contributed by atoms with Gasteiger partial charge in [-0.3, -0.25) is 0 Å². The first-order valence-electron chi connectivity index (χ1n) is 5.83. The van der Waals surface area contributed by atoms with Crippen molar-refractivity contribution in [2.75, 3.05) is 6.61 Å². The monoisotopic (exact) mass is 259 g/mol. The molecule has 98 valence electrons. The molecule has 0 saturated carbocycles. The molecule has 0 unspecified atom stereocenters. The molecular weight excluding hydrogens is 246 g/mol. The molecular formula is C14H13NO4. The molecule has 1 aromatic carbocycles. The van der Waals surface area contributed by atoms with Crippen LogP contribution in [0.3, 0.4) is 0 Å². The Morgan fingerprint density at radius 1 is 1.11 bits per heavy atom. The maximum Gasteiger partial charge on any atom is 0.360 e. The summed E-state index contributed by atoms with van der Waals surface area (Å²) in [6, 6.07) is 9.53. The van der Waals surface area contributed by atoms with E-state index in [-0.39, 0.29) is 0 Å². The molecule has 0 radical (unpaired) electrons. The largest absolute Gasteiger partial charge is 0.462 e. The van der Waals surface area contributed by atoms with E-state index in [2.05, 4.69) is 4.98 Å². The molecule has 0 aliphatic carbocycles. The van der Waals surface area contributed by atoms with Gasteiger partial charge in [0.2, 0.25) is 0 Å². The normalized spacial score (nSPS) is 9.95. The number of aromatic nitrogens is 1. The van der Waals surface area contributed by atoms with E-state index in [1.165, 1.54) is 0 Å². The quantitative estimate of drug-likeness (QED) is 0.676. The number of esters is 2. The Labute approximate surface area is 110 Å². The molecule has 0 bridgehead atoms. The van der Waals surface area contributed by atoms with Gasteiger partial charge in [0.15, 0.2) is 0 Å². The summed E-state index contributed by atoms with van der Waals surface area (Å²) < 4.78 is 9.99. The fraction of sp³-hybridized carbons (Fsp3) is 0.143. The zero-order valence-electron chi connectivity index (χ0n) is 10.4. The summed E-state index contributed by atoms with van der Waals surface area (Å²) in [7, 11) is 0. The van der Waals surface area contributed by atoms with Crippen LogP contribution in [0.4, 0.5) is 0 Å². The number of carbonyl (C=O) groups excluding carboxylic acids is 2. The van der Waals surface area contributed by atoms with Gasteiger partial charge in [-0.2, -0.15) is 0 Å². The number of aromatic amines is 1. The van der Waals surface area contributed by atoms with Gasteiger partial charge in [0, 0.05) is 6.20 Å². The van der Waals surface area contributed by atoms with Crippen molar-refractivity contribution in [3.05, 3.63) is 53.9 Å². The van der Waals surface area contributed by atoms with Crippen LogP contribution in [-0.2, 0) is 4.74 Å².